The molecule has 5 heteroatoms. The Bertz CT molecular complexity index is 1020. The van der Waals surface area contributed by atoms with Gasteiger partial charge in [0.25, 0.3) is 0 Å². The predicted molar refractivity (Wildman–Crippen MR) is 161 cm³/mol. The standard InChI is InChI=1S/C35H48O5/c1-4-6-7-10-13-28-14-16-29(17-15-28)34(36)39-32-22-24-33(25-23-32)40-35(37)30-18-20-31(21-19-30)38-26-11-8-9-12-27(3)5-2/h4,18-25,27-29H,1,5-17,26H2,2-3H3. The highest BCUT2D eigenvalue weighted by Gasteiger charge is 2.27. The smallest absolute Gasteiger partial charge is 0.343 e. The molecule has 1 aliphatic carbocycles. The molecule has 0 aliphatic heterocycles. The highest BCUT2D eigenvalue weighted by atomic mass is 16.5. The summed E-state index contributed by atoms with van der Waals surface area (Å²) in [5.74, 6) is 2.50. The summed E-state index contributed by atoms with van der Waals surface area (Å²) in [6.45, 7) is 9.00. The van der Waals surface area contributed by atoms with Gasteiger partial charge in [-0.1, -0.05) is 58.4 Å². The molecule has 5 nitrogen and oxygen atoms in total. The first-order valence-electron chi connectivity index (χ1n) is 15.4. The third-order valence-electron chi connectivity index (χ3n) is 8.10. The number of ether oxygens (including phenoxy) is 3. The number of hydrogen-bond acceptors (Lipinski definition) is 5. The Kier molecular flexibility index (Phi) is 13.8. The number of carbonyl (C=O) groups is 2. The molecule has 3 rings (SSSR count). The van der Waals surface area contributed by atoms with Crippen LogP contribution in [0, 0.1) is 17.8 Å². The van der Waals surface area contributed by atoms with Crippen molar-refractivity contribution in [2.75, 3.05) is 6.61 Å². The maximum atomic E-state index is 12.7. The Morgan fingerprint density at radius 1 is 0.850 bits per heavy atom. The quantitative estimate of drug-likeness (QED) is 0.0853. The third-order valence-corrected chi connectivity index (χ3v) is 8.10. The first-order chi connectivity index (χ1) is 19.5. The molecule has 0 heterocycles. The summed E-state index contributed by atoms with van der Waals surface area (Å²) in [7, 11) is 0. The van der Waals surface area contributed by atoms with Crippen LogP contribution in [0.4, 0.5) is 0 Å². The molecule has 0 N–H and O–H groups in total. The number of carbonyl (C=O) groups excluding carboxylic acids is 2. The Morgan fingerprint density at radius 2 is 1.50 bits per heavy atom. The number of rotatable bonds is 17. The second-order valence-electron chi connectivity index (χ2n) is 11.3. The van der Waals surface area contributed by atoms with Crippen LogP contribution in [-0.4, -0.2) is 18.5 Å². The lowest BCUT2D eigenvalue weighted by Gasteiger charge is -2.27. The van der Waals surface area contributed by atoms with Gasteiger partial charge in [0, 0.05) is 0 Å². The van der Waals surface area contributed by atoms with Crippen molar-refractivity contribution in [3.8, 4) is 17.2 Å². The van der Waals surface area contributed by atoms with Gasteiger partial charge in [0.2, 0.25) is 0 Å². The molecular weight excluding hydrogens is 500 g/mol. The summed E-state index contributed by atoms with van der Waals surface area (Å²) >= 11 is 0. The van der Waals surface area contributed by atoms with Crippen LogP contribution in [0.25, 0.3) is 0 Å². The van der Waals surface area contributed by atoms with Crippen molar-refractivity contribution < 1.29 is 23.8 Å². The van der Waals surface area contributed by atoms with Gasteiger partial charge >= 0.3 is 11.9 Å². The minimum Gasteiger partial charge on any atom is -0.494 e. The first-order valence-corrected chi connectivity index (χ1v) is 15.4. The fourth-order valence-electron chi connectivity index (χ4n) is 5.20. The van der Waals surface area contributed by atoms with E-state index in [0.717, 1.165) is 56.1 Å². The molecule has 0 saturated heterocycles. The zero-order valence-corrected chi connectivity index (χ0v) is 24.6. The van der Waals surface area contributed by atoms with E-state index in [2.05, 4.69) is 20.4 Å². The van der Waals surface area contributed by atoms with Crippen molar-refractivity contribution in [2.45, 2.75) is 97.3 Å². The molecule has 0 spiro atoms. The van der Waals surface area contributed by atoms with Crippen molar-refractivity contribution in [1.29, 1.82) is 0 Å². The van der Waals surface area contributed by atoms with Crippen molar-refractivity contribution in [3.63, 3.8) is 0 Å². The normalized spacial score (nSPS) is 17.6. The largest absolute Gasteiger partial charge is 0.494 e. The average Bonchev–Trinajstić information content (AvgIpc) is 2.98. The molecule has 40 heavy (non-hydrogen) atoms. The summed E-state index contributed by atoms with van der Waals surface area (Å²) < 4.78 is 16.9. The highest BCUT2D eigenvalue weighted by molar-refractivity contribution is 5.91. The summed E-state index contributed by atoms with van der Waals surface area (Å²) in [6.07, 6.45) is 16.7. The molecule has 218 valence electrons. The Labute approximate surface area is 241 Å². The highest BCUT2D eigenvalue weighted by Crippen LogP contribution is 2.33. The molecule has 1 aliphatic rings. The zero-order chi connectivity index (χ0) is 28.6. The number of hydrogen-bond donors (Lipinski definition) is 0. The summed E-state index contributed by atoms with van der Waals surface area (Å²) in [5.41, 5.74) is 0.452. The van der Waals surface area contributed by atoms with Crippen molar-refractivity contribution in [3.05, 3.63) is 66.7 Å². The topological polar surface area (TPSA) is 61.8 Å². The molecule has 1 fully saturated rings. The van der Waals surface area contributed by atoms with Crippen LogP contribution >= 0.6 is 0 Å². The molecule has 0 amide bonds. The van der Waals surface area contributed by atoms with Gasteiger partial charge in [-0.2, -0.15) is 0 Å². The summed E-state index contributed by atoms with van der Waals surface area (Å²) in [5, 5.41) is 0. The van der Waals surface area contributed by atoms with E-state index < -0.39 is 5.97 Å². The van der Waals surface area contributed by atoms with E-state index in [4.69, 9.17) is 14.2 Å². The molecule has 0 bridgehead atoms. The molecule has 1 saturated carbocycles. The van der Waals surface area contributed by atoms with E-state index in [1.807, 2.05) is 6.08 Å². The Balaban J connectivity index is 1.35. The second kappa shape index (κ2) is 17.6. The first kappa shape index (κ1) is 31.4. The van der Waals surface area contributed by atoms with E-state index in [9.17, 15) is 9.59 Å². The van der Waals surface area contributed by atoms with Crippen LogP contribution in [0.3, 0.4) is 0 Å². The SMILES string of the molecule is C=CCCCCC1CCC(C(=O)Oc2ccc(OC(=O)c3ccc(OCCCCCC(C)CC)cc3)cc2)CC1. The van der Waals surface area contributed by atoms with Gasteiger partial charge in [-0.3, -0.25) is 4.79 Å². The molecule has 2 aromatic rings. The number of esters is 2. The van der Waals surface area contributed by atoms with E-state index >= 15 is 0 Å². The van der Waals surface area contributed by atoms with Crippen LogP contribution in [0.2, 0.25) is 0 Å². The lowest BCUT2D eigenvalue weighted by Crippen LogP contribution is -2.25. The van der Waals surface area contributed by atoms with E-state index in [0.29, 0.717) is 23.7 Å². The molecule has 0 radical (unpaired) electrons. The van der Waals surface area contributed by atoms with Crippen LogP contribution in [0.1, 0.15) is 108 Å². The van der Waals surface area contributed by atoms with Crippen LogP contribution in [-0.2, 0) is 4.79 Å². The van der Waals surface area contributed by atoms with Gasteiger partial charge in [0.1, 0.15) is 17.2 Å². The lowest BCUT2D eigenvalue weighted by atomic mass is 9.80. The summed E-state index contributed by atoms with van der Waals surface area (Å²) in [4.78, 5) is 25.2. The van der Waals surface area contributed by atoms with Gasteiger partial charge in [-0.25, -0.2) is 4.79 Å². The van der Waals surface area contributed by atoms with Gasteiger partial charge in [-0.15, -0.1) is 6.58 Å². The molecule has 1 unspecified atom stereocenters. The fraction of sp³-hybridized carbons (Fsp3) is 0.543. The van der Waals surface area contributed by atoms with E-state index in [-0.39, 0.29) is 11.9 Å². The van der Waals surface area contributed by atoms with Gasteiger partial charge < -0.3 is 14.2 Å². The molecular formula is C35H48O5. The third kappa shape index (κ3) is 11.2. The van der Waals surface area contributed by atoms with E-state index in [1.165, 1.54) is 44.9 Å². The number of benzene rings is 2. The van der Waals surface area contributed by atoms with Gasteiger partial charge in [-0.05, 0) is 105 Å². The molecule has 0 aromatic heterocycles. The van der Waals surface area contributed by atoms with Crippen LogP contribution < -0.4 is 14.2 Å². The van der Waals surface area contributed by atoms with Gasteiger partial charge in [0.05, 0.1) is 18.1 Å². The van der Waals surface area contributed by atoms with Crippen molar-refractivity contribution >= 4 is 11.9 Å². The van der Waals surface area contributed by atoms with Crippen LogP contribution in [0.15, 0.2) is 61.2 Å². The lowest BCUT2D eigenvalue weighted by molar-refractivity contribution is -0.140. The van der Waals surface area contributed by atoms with E-state index in [1.54, 1.807) is 48.5 Å². The molecule has 2 aromatic carbocycles. The Morgan fingerprint density at radius 3 is 2.15 bits per heavy atom. The summed E-state index contributed by atoms with van der Waals surface area (Å²) in [6, 6.07) is 13.7. The Hall–Kier alpha value is -3.08. The second-order valence-corrected chi connectivity index (χ2v) is 11.3. The van der Waals surface area contributed by atoms with Crippen molar-refractivity contribution in [2.24, 2.45) is 17.8 Å². The maximum Gasteiger partial charge on any atom is 0.343 e. The predicted octanol–water partition coefficient (Wildman–Crippen LogP) is 9.35. The van der Waals surface area contributed by atoms with Crippen LogP contribution in [0.5, 0.6) is 17.2 Å². The minimum atomic E-state index is -0.442. The van der Waals surface area contributed by atoms with Gasteiger partial charge in [0.15, 0.2) is 0 Å². The monoisotopic (exact) mass is 548 g/mol. The fourth-order valence-corrected chi connectivity index (χ4v) is 5.20. The zero-order valence-electron chi connectivity index (χ0n) is 24.6. The van der Waals surface area contributed by atoms with Crippen molar-refractivity contribution in [1.82, 2.24) is 0 Å². The molecule has 1 atom stereocenters. The number of unbranched alkanes of at least 4 members (excludes halogenated alkanes) is 4. The average molecular weight is 549 g/mol. The number of allylic oxidation sites excluding steroid dienone is 1. The maximum absolute atomic E-state index is 12.7. The minimum absolute atomic E-state index is 0.0384.